The van der Waals surface area contributed by atoms with Crippen LogP contribution >= 0.6 is 15.6 Å². The predicted molar refractivity (Wildman–Crippen MR) is 195 cm³/mol. The second kappa shape index (κ2) is 16.9. The molecule has 0 spiro atoms. The molecule has 0 radical (unpaired) electrons. The van der Waals surface area contributed by atoms with Crippen LogP contribution in [0.4, 0.5) is 50.4 Å². The van der Waals surface area contributed by atoms with E-state index < -0.39 is 15.6 Å². The van der Waals surface area contributed by atoms with Crippen molar-refractivity contribution in [2.45, 2.75) is 26.2 Å². The summed E-state index contributed by atoms with van der Waals surface area (Å²) in [6.45, 7) is 6.93. The van der Waals surface area contributed by atoms with E-state index >= 15 is 0 Å². The summed E-state index contributed by atoms with van der Waals surface area (Å²) in [5, 5.41) is 5.17. The van der Waals surface area contributed by atoms with E-state index in [2.05, 4.69) is 141 Å². The molecule has 2 aromatic heterocycles. The van der Waals surface area contributed by atoms with Gasteiger partial charge in [0.15, 0.2) is 0 Å². The molecule has 4 aromatic carbocycles. The number of halogens is 12. The van der Waals surface area contributed by atoms with E-state index in [-0.39, 0.29) is 0 Å². The molecule has 6 rings (SSSR count). The van der Waals surface area contributed by atoms with Gasteiger partial charge in [-0.1, -0.05) is 84.9 Å². The van der Waals surface area contributed by atoms with Crippen LogP contribution in [0.5, 0.6) is 0 Å². The average Bonchev–Trinajstić information content (AvgIpc) is 3.74. The summed E-state index contributed by atoms with van der Waals surface area (Å²) in [7, 11) is -21.3. The number of fused-ring (bicyclic) bond motifs is 2. The first kappa shape index (κ1) is 45.4. The summed E-state index contributed by atoms with van der Waals surface area (Å²) < 4.78 is 144. The number of benzene rings is 4. The van der Waals surface area contributed by atoms with E-state index in [4.69, 9.17) is 14.2 Å². The normalized spacial score (nSPS) is 14.4. The molecule has 2 heterocycles. The van der Waals surface area contributed by atoms with Gasteiger partial charge in [-0.25, -0.2) is 18.3 Å². The predicted octanol–water partition coefficient (Wildman–Crippen LogP) is 11.8. The fourth-order valence-electron chi connectivity index (χ4n) is 5.47. The van der Waals surface area contributed by atoms with Crippen LogP contribution in [0.15, 0.2) is 122 Å². The Balaban J connectivity index is 0.000000440. The minimum absolute atomic E-state index is 0.571. The zero-order chi connectivity index (χ0) is 41.9. The van der Waals surface area contributed by atoms with Gasteiger partial charge in [0.2, 0.25) is 12.7 Å². The standard InChI is InChI=1S/C36H40N4O3.2F6P/c1-3-13-35-31(7-1)9-5-11-33(35)27-39-17-15-37(29-39)19-21-41-23-25-43-26-24-42-22-20-38-16-18-40(30-38)28-34-12-6-10-32-8-2-4-14-36(32)34;2*1-7(2,3,4,5)6/h1-18,29-30H,19-28H2;;/q+2;2*-1. The third kappa shape index (κ3) is 21.2. The first-order valence-corrected chi connectivity index (χ1v) is 21.2. The van der Waals surface area contributed by atoms with Crippen LogP contribution in [-0.4, -0.2) is 48.8 Å². The van der Waals surface area contributed by atoms with Crippen LogP contribution < -0.4 is 9.13 Å². The minimum Gasteiger partial charge on any atom is -0.377 e. The number of aromatic nitrogens is 4. The van der Waals surface area contributed by atoms with Crippen LogP contribution in [0.25, 0.3) is 21.5 Å². The third-order valence-corrected chi connectivity index (χ3v) is 7.69. The van der Waals surface area contributed by atoms with Crippen molar-refractivity contribution in [1.29, 1.82) is 0 Å². The second-order valence-electron chi connectivity index (χ2n) is 12.7. The molecule has 0 bridgehead atoms. The first-order valence-electron chi connectivity index (χ1n) is 17.1. The van der Waals surface area contributed by atoms with Crippen molar-refractivity contribution in [1.82, 2.24) is 9.13 Å². The number of hydrogen-bond acceptors (Lipinski definition) is 3. The molecule has 0 saturated heterocycles. The van der Waals surface area contributed by atoms with Crippen LogP contribution in [-0.2, 0) is 40.4 Å². The molecule has 0 amide bonds. The molecular weight excluding hydrogens is 826 g/mol. The van der Waals surface area contributed by atoms with Gasteiger partial charge in [-0.2, -0.15) is 0 Å². The van der Waals surface area contributed by atoms with Crippen LogP contribution in [0.1, 0.15) is 11.1 Å². The Kier molecular flexibility index (Phi) is 13.5. The maximum Gasteiger partial charge on any atom is 0.244 e. The first-order chi connectivity index (χ1) is 26.2. The molecular formula is C36H40F12N4O3P2. The van der Waals surface area contributed by atoms with Crippen molar-refractivity contribution in [3.8, 4) is 0 Å². The van der Waals surface area contributed by atoms with Gasteiger partial charge in [-0.05, 0) is 21.5 Å². The number of nitrogens with zero attached hydrogens (tertiary/aromatic N) is 4. The zero-order valence-corrected chi connectivity index (χ0v) is 31.9. The van der Waals surface area contributed by atoms with Gasteiger partial charge in [0.1, 0.15) is 51.0 Å². The Hall–Kier alpha value is -4.28. The Bertz CT molecular complexity index is 2030. The Morgan fingerprint density at radius 2 is 0.737 bits per heavy atom. The summed E-state index contributed by atoms with van der Waals surface area (Å²) in [4.78, 5) is 0. The molecule has 0 N–H and O–H groups in total. The smallest absolute Gasteiger partial charge is 0.244 e. The summed E-state index contributed by atoms with van der Waals surface area (Å²) in [5.41, 5.74) is 2.65. The molecule has 0 atom stereocenters. The van der Waals surface area contributed by atoms with Gasteiger partial charge in [-0.3, -0.25) is 0 Å². The summed E-state index contributed by atoms with van der Waals surface area (Å²) in [6, 6.07) is 30.1. The largest absolute Gasteiger partial charge is 0.377 e. The van der Waals surface area contributed by atoms with E-state index in [1.807, 2.05) is 0 Å². The topological polar surface area (TPSA) is 45.3 Å². The molecule has 7 nitrogen and oxygen atoms in total. The van der Waals surface area contributed by atoms with Crippen LogP contribution in [0.3, 0.4) is 0 Å². The summed E-state index contributed by atoms with van der Waals surface area (Å²) in [5.74, 6) is 0. The molecule has 316 valence electrons. The van der Waals surface area contributed by atoms with E-state index in [1.54, 1.807) is 0 Å². The van der Waals surface area contributed by atoms with Crippen LogP contribution in [0, 0.1) is 0 Å². The number of rotatable bonds is 16. The summed E-state index contributed by atoms with van der Waals surface area (Å²) in [6.07, 6.45) is 12.7. The van der Waals surface area contributed by atoms with Crippen molar-refractivity contribution < 1.29 is 73.7 Å². The third-order valence-electron chi connectivity index (χ3n) is 7.69. The molecule has 21 heteroatoms. The molecule has 57 heavy (non-hydrogen) atoms. The van der Waals surface area contributed by atoms with Gasteiger partial charge in [-0.15, -0.1) is 0 Å². The van der Waals surface area contributed by atoms with Crippen molar-refractivity contribution in [3.63, 3.8) is 0 Å². The Morgan fingerprint density at radius 1 is 0.421 bits per heavy atom. The van der Waals surface area contributed by atoms with Crippen molar-refractivity contribution in [2.24, 2.45) is 0 Å². The second-order valence-corrected chi connectivity index (χ2v) is 16.5. The van der Waals surface area contributed by atoms with Crippen molar-refractivity contribution in [3.05, 3.63) is 133 Å². The average molecular weight is 867 g/mol. The quantitative estimate of drug-likeness (QED) is 0.0421. The minimum atomic E-state index is -10.7. The number of ether oxygens (including phenoxy) is 3. The van der Waals surface area contributed by atoms with Crippen LogP contribution in [0.2, 0.25) is 0 Å². The number of hydrogen-bond donors (Lipinski definition) is 0. The molecule has 6 aromatic rings. The molecule has 0 aliphatic heterocycles. The molecule has 0 saturated carbocycles. The number of imidazole rings is 2. The van der Waals surface area contributed by atoms with E-state index in [0.717, 1.165) is 26.2 Å². The SMILES string of the molecule is F[P-](F)(F)(F)(F)F.F[P-](F)(F)(F)(F)F.c1ccc2c(C[n+]3ccn(CCOCCOCCOCCn4cc[n+](Cc5cccc6ccccc56)c4)c3)cccc2c1. The van der Waals surface area contributed by atoms with Gasteiger partial charge >= 0.3 is 66.0 Å². The van der Waals surface area contributed by atoms with Gasteiger partial charge in [0.25, 0.3) is 0 Å². The molecule has 0 fully saturated rings. The van der Waals surface area contributed by atoms with Gasteiger partial charge < -0.3 is 14.2 Å². The molecule has 0 aliphatic rings. The molecule has 0 aliphatic carbocycles. The summed E-state index contributed by atoms with van der Waals surface area (Å²) >= 11 is 0. The van der Waals surface area contributed by atoms with E-state index in [0.29, 0.717) is 39.6 Å². The van der Waals surface area contributed by atoms with Gasteiger partial charge in [0.05, 0.1) is 39.6 Å². The maximum atomic E-state index is 9.87. The fourth-order valence-corrected chi connectivity index (χ4v) is 5.47. The van der Waals surface area contributed by atoms with E-state index in [1.165, 1.54) is 32.7 Å². The van der Waals surface area contributed by atoms with Crippen molar-refractivity contribution in [2.75, 3.05) is 39.6 Å². The fraction of sp³-hybridized carbons (Fsp3) is 0.278. The van der Waals surface area contributed by atoms with Gasteiger partial charge in [0, 0.05) is 11.1 Å². The maximum absolute atomic E-state index is 10.7. The zero-order valence-electron chi connectivity index (χ0n) is 30.1. The molecule has 0 unspecified atom stereocenters. The Morgan fingerprint density at radius 3 is 1.11 bits per heavy atom. The van der Waals surface area contributed by atoms with Crippen molar-refractivity contribution >= 4 is 37.2 Å². The Labute approximate surface area is 319 Å². The van der Waals surface area contributed by atoms with E-state index in [9.17, 15) is 50.4 Å². The monoisotopic (exact) mass is 866 g/mol.